The summed E-state index contributed by atoms with van der Waals surface area (Å²) in [6.45, 7) is 5.28. The van der Waals surface area contributed by atoms with Crippen LogP contribution < -0.4 is 4.90 Å². The van der Waals surface area contributed by atoms with Gasteiger partial charge in [-0.05, 0) is 24.3 Å². The van der Waals surface area contributed by atoms with Gasteiger partial charge in [0.25, 0.3) is 0 Å². The molecule has 4 heteroatoms. The van der Waals surface area contributed by atoms with Crippen molar-refractivity contribution in [3.63, 3.8) is 0 Å². The molecule has 1 aromatic carbocycles. The van der Waals surface area contributed by atoms with Crippen molar-refractivity contribution in [3.8, 4) is 0 Å². The monoisotopic (exact) mass is 241 g/mol. The largest absolute Gasteiger partial charge is 0.369 e. The Bertz CT molecular complexity index is 458. The molecule has 0 aliphatic carbocycles. The number of aromatic nitrogens is 2. The number of piperazine rings is 1. The quantitative estimate of drug-likeness (QED) is 0.885. The maximum Gasteiger partial charge on any atom is 0.0762 e. The third kappa shape index (κ3) is 2.54. The van der Waals surface area contributed by atoms with Crippen molar-refractivity contribution >= 4 is 5.69 Å². The molecule has 0 spiro atoms. The van der Waals surface area contributed by atoms with Gasteiger partial charge in [0.2, 0.25) is 0 Å². The van der Waals surface area contributed by atoms with E-state index >= 15 is 0 Å². The summed E-state index contributed by atoms with van der Waals surface area (Å²) >= 11 is 0. The molecule has 2 heterocycles. The zero-order chi connectivity index (χ0) is 12.2. The van der Waals surface area contributed by atoms with E-state index in [1.807, 2.05) is 24.4 Å². The number of H-pyrrole nitrogens is 1. The average Bonchev–Trinajstić information content (AvgIpc) is 2.94. The second-order valence-electron chi connectivity index (χ2n) is 4.59. The SMILES string of the molecule is [c]1ccc(N2CCN(Cc3cc[nH]n3)CC2)cc1. The Labute approximate surface area is 107 Å². The van der Waals surface area contributed by atoms with Crippen LogP contribution in [0.5, 0.6) is 0 Å². The second-order valence-corrected chi connectivity index (χ2v) is 4.59. The van der Waals surface area contributed by atoms with E-state index in [-0.39, 0.29) is 0 Å². The second kappa shape index (κ2) is 5.23. The fourth-order valence-electron chi connectivity index (χ4n) is 2.36. The predicted molar refractivity (Wildman–Crippen MR) is 71.4 cm³/mol. The molecule has 1 radical (unpaired) electrons. The van der Waals surface area contributed by atoms with Gasteiger partial charge in [0.15, 0.2) is 0 Å². The van der Waals surface area contributed by atoms with Crippen LogP contribution >= 0.6 is 0 Å². The summed E-state index contributed by atoms with van der Waals surface area (Å²) in [7, 11) is 0. The van der Waals surface area contributed by atoms with E-state index in [0.29, 0.717) is 0 Å². The number of benzene rings is 1. The molecule has 2 aromatic rings. The zero-order valence-electron chi connectivity index (χ0n) is 10.3. The van der Waals surface area contributed by atoms with Gasteiger partial charge in [-0.15, -0.1) is 0 Å². The molecule has 0 atom stereocenters. The lowest BCUT2D eigenvalue weighted by Crippen LogP contribution is -2.46. The van der Waals surface area contributed by atoms with Crippen LogP contribution in [0.4, 0.5) is 5.69 Å². The highest BCUT2D eigenvalue weighted by Crippen LogP contribution is 2.16. The summed E-state index contributed by atoms with van der Waals surface area (Å²) in [6, 6.07) is 13.3. The van der Waals surface area contributed by atoms with E-state index in [4.69, 9.17) is 0 Å². The van der Waals surface area contributed by atoms with Crippen LogP contribution in [0.15, 0.2) is 36.5 Å². The lowest BCUT2D eigenvalue weighted by molar-refractivity contribution is 0.247. The van der Waals surface area contributed by atoms with Gasteiger partial charge in [0, 0.05) is 44.6 Å². The number of nitrogens with one attached hydrogen (secondary N) is 1. The molecule has 0 amide bonds. The Balaban J connectivity index is 1.55. The molecule has 18 heavy (non-hydrogen) atoms. The molecule has 3 rings (SSSR count). The molecule has 1 fully saturated rings. The first-order valence-corrected chi connectivity index (χ1v) is 6.34. The number of hydrogen-bond donors (Lipinski definition) is 1. The van der Waals surface area contributed by atoms with E-state index in [2.05, 4.69) is 38.2 Å². The average molecular weight is 241 g/mol. The van der Waals surface area contributed by atoms with Gasteiger partial charge in [-0.2, -0.15) is 5.10 Å². The third-order valence-electron chi connectivity index (χ3n) is 3.38. The molecule has 1 aliphatic rings. The van der Waals surface area contributed by atoms with E-state index in [9.17, 15) is 0 Å². The summed E-state index contributed by atoms with van der Waals surface area (Å²) in [5, 5.41) is 7.07. The molecule has 1 N–H and O–H groups in total. The number of hydrogen-bond acceptors (Lipinski definition) is 3. The van der Waals surface area contributed by atoms with Crippen molar-refractivity contribution in [2.45, 2.75) is 6.54 Å². The zero-order valence-corrected chi connectivity index (χ0v) is 10.3. The van der Waals surface area contributed by atoms with Gasteiger partial charge < -0.3 is 4.90 Å². The number of anilines is 1. The predicted octanol–water partition coefficient (Wildman–Crippen LogP) is 1.53. The highest BCUT2D eigenvalue weighted by atomic mass is 15.3. The maximum absolute atomic E-state index is 4.20. The summed E-state index contributed by atoms with van der Waals surface area (Å²) in [5.41, 5.74) is 2.42. The first kappa shape index (κ1) is 11.3. The summed E-state index contributed by atoms with van der Waals surface area (Å²) in [6.07, 6.45) is 1.88. The molecule has 1 aromatic heterocycles. The minimum Gasteiger partial charge on any atom is -0.369 e. The number of aromatic amines is 1. The Morgan fingerprint density at radius 3 is 2.56 bits per heavy atom. The molecular weight excluding hydrogens is 224 g/mol. The van der Waals surface area contributed by atoms with Gasteiger partial charge in [0.1, 0.15) is 0 Å². The van der Waals surface area contributed by atoms with E-state index < -0.39 is 0 Å². The number of rotatable bonds is 3. The standard InChI is InChI=1S/C14H17N4/c1-2-4-14(5-3-1)18-10-8-17(9-11-18)12-13-6-7-15-16-13/h2-7H,8-12H2,(H,15,16). The maximum atomic E-state index is 4.20. The first-order valence-electron chi connectivity index (χ1n) is 6.34. The van der Waals surface area contributed by atoms with Crippen molar-refractivity contribution in [2.75, 3.05) is 31.1 Å². The highest BCUT2D eigenvalue weighted by molar-refractivity contribution is 5.46. The van der Waals surface area contributed by atoms with Gasteiger partial charge in [-0.1, -0.05) is 12.1 Å². The Morgan fingerprint density at radius 1 is 1.11 bits per heavy atom. The minimum absolute atomic E-state index is 0.944. The van der Waals surface area contributed by atoms with Gasteiger partial charge in [0.05, 0.1) is 5.69 Å². The van der Waals surface area contributed by atoms with E-state index in [1.54, 1.807) is 0 Å². The molecule has 93 valence electrons. The van der Waals surface area contributed by atoms with Crippen molar-refractivity contribution in [1.29, 1.82) is 0 Å². The van der Waals surface area contributed by atoms with E-state index in [1.165, 1.54) is 5.69 Å². The lowest BCUT2D eigenvalue weighted by atomic mass is 10.2. The van der Waals surface area contributed by atoms with Crippen LogP contribution in [-0.4, -0.2) is 41.3 Å². The highest BCUT2D eigenvalue weighted by Gasteiger charge is 2.17. The Hall–Kier alpha value is -1.81. The molecular formula is C14H17N4. The van der Waals surface area contributed by atoms with Crippen molar-refractivity contribution < 1.29 is 0 Å². The fourth-order valence-corrected chi connectivity index (χ4v) is 2.36. The van der Waals surface area contributed by atoms with Crippen LogP contribution in [-0.2, 0) is 6.54 Å². The summed E-state index contributed by atoms with van der Waals surface area (Å²) in [4.78, 5) is 4.87. The normalized spacial score (nSPS) is 17.0. The smallest absolute Gasteiger partial charge is 0.0762 e. The van der Waals surface area contributed by atoms with Crippen molar-refractivity contribution in [1.82, 2.24) is 15.1 Å². The minimum atomic E-state index is 0.944. The van der Waals surface area contributed by atoms with Crippen LogP contribution in [0.25, 0.3) is 0 Å². The molecule has 4 nitrogen and oxygen atoms in total. The van der Waals surface area contributed by atoms with Crippen molar-refractivity contribution in [2.24, 2.45) is 0 Å². The fraction of sp³-hybridized carbons (Fsp3) is 0.357. The van der Waals surface area contributed by atoms with E-state index in [0.717, 1.165) is 38.4 Å². The summed E-state index contributed by atoms with van der Waals surface area (Å²) < 4.78 is 0. The van der Waals surface area contributed by atoms with Crippen LogP contribution in [0, 0.1) is 6.07 Å². The Kier molecular flexibility index (Phi) is 3.28. The van der Waals surface area contributed by atoms with Gasteiger partial charge in [-0.3, -0.25) is 10.00 Å². The first-order chi connectivity index (χ1) is 8.92. The topological polar surface area (TPSA) is 35.2 Å². The molecule has 1 saturated heterocycles. The van der Waals surface area contributed by atoms with Gasteiger partial charge in [-0.25, -0.2) is 0 Å². The molecule has 0 bridgehead atoms. The van der Waals surface area contributed by atoms with Crippen LogP contribution in [0.2, 0.25) is 0 Å². The molecule has 1 aliphatic heterocycles. The molecule has 0 unspecified atom stereocenters. The summed E-state index contributed by atoms with van der Waals surface area (Å²) in [5.74, 6) is 0. The van der Waals surface area contributed by atoms with Crippen LogP contribution in [0.3, 0.4) is 0 Å². The number of nitrogens with zero attached hydrogens (tertiary/aromatic N) is 3. The van der Waals surface area contributed by atoms with Crippen LogP contribution in [0.1, 0.15) is 5.69 Å². The van der Waals surface area contributed by atoms with Gasteiger partial charge >= 0.3 is 0 Å². The lowest BCUT2D eigenvalue weighted by Gasteiger charge is -2.35. The third-order valence-corrected chi connectivity index (χ3v) is 3.38. The molecule has 0 saturated carbocycles. The Morgan fingerprint density at radius 2 is 1.89 bits per heavy atom. The van der Waals surface area contributed by atoms with Crippen molar-refractivity contribution in [3.05, 3.63) is 48.3 Å².